The van der Waals surface area contributed by atoms with Crippen molar-refractivity contribution in [1.82, 2.24) is 15.1 Å². The van der Waals surface area contributed by atoms with E-state index in [4.69, 9.17) is 0 Å². The third-order valence-electron chi connectivity index (χ3n) is 4.51. The van der Waals surface area contributed by atoms with Gasteiger partial charge in [0.2, 0.25) is 0 Å². The summed E-state index contributed by atoms with van der Waals surface area (Å²) in [6, 6.07) is 17.8. The number of hydrogen-bond donors (Lipinski definition) is 2. The standard InChI is InChI=1S/C20H26N4O/c1-23-11-13-24(14-12-23)16-18-7-9-19(10-8-18)22-20(25)21-15-17-5-3-2-4-6-17/h2-10H,11-16H2,1H3,(H2,21,22,25). The first kappa shape index (κ1) is 17.5. The van der Waals surface area contributed by atoms with E-state index in [1.165, 1.54) is 5.56 Å². The maximum atomic E-state index is 12.0. The summed E-state index contributed by atoms with van der Waals surface area (Å²) in [7, 11) is 2.17. The van der Waals surface area contributed by atoms with Gasteiger partial charge >= 0.3 is 6.03 Å². The Kier molecular flexibility index (Phi) is 6.04. The normalized spacial score (nSPS) is 15.7. The second-order valence-corrected chi connectivity index (χ2v) is 6.57. The Balaban J connectivity index is 1.44. The summed E-state index contributed by atoms with van der Waals surface area (Å²) in [5, 5.41) is 5.75. The molecule has 0 unspecified atom stereocenters. The fourth-order valence-electron chi connectivity index (χ4n) is 2.91. The fraction of sp³-hybridized carbons (Fsp3) is 0.350. The average Bonchev–Trinajstić information content (AvgIpc) is 2.64. The van der Waals surface area contributed by atoms with Gasteiger partial charge in [-0.3, -0.25) is 4.90 Å². The quantitative estimate of drug-likeness (QED) is 0.881. The maximum absolute atomic E-state index is 12.0. The highest BCUT2D eigenvalue weighted by molar-refractivity contribution is 5.89. The summed E-state index contributed by atoms with van der Waals surface area (Å²) in [6.45, 7) is 5.96. The van der Waals surface area contributed by atoms with Gasteiger partial charge in [0.25, 0.3) is 0 Å². The Labute approximate surface area is 149 Å². The van der Waals surface area contributed by atoms with Crippen LogP contribution in [0.25, 0.3) is 0 Å². The molecule has 2 aromatic carbocycles. The van der Waals surface area contributed by atoms with Crippen molar-refractivity contribution >= 4 is 11.7 Å². The van der Waals surface area contributed by atoms with Gasteiger partial charge in [0.05, 0.1) is 0 Å². The molecular weight excluding hydrogens is 312 g/mol. The highest BCUT2D eigenvalue weighted by Gasteiger charge is 2.13. The minimum absolute atomic E-state index is 0.185. The Morgan fingerprint density at radius 1 is 0.920 bits per heavy atom. The van der Waals surface area contributed by atoms with Crippen LogP contribution >= 0.6 is 0 Å². The first-order valence-corrected chi connectivity index (χ1v) is 8.78. The lowest BCUT2D eigenvalue weighted by atomic mass is 10.2. The SMILES string of the molecule is CN1CCN(Cc2ccc(NC(=O)NCc3ccccc3)cc2)CC1. The molecule has 5 nitrogen and oxygen atoms in total. The van der Waals surface area contributed by atoms with Crippen LogP contribution in [0.4, 0.5) is 10.5 Å². The number of amides is 2. The molecule has 1 aliphatic heterocycles. The van der Waals surface area contributed by atoms with Crippen molar-refractivity contribution in [2.45, 2.75) is 13.1 Å². The van der Waals surface area contributed by atoms with Crippen molar-refractivity contribution in [3.63, 3.8) is 0 Å². The lowest BCUT2D eigenvalue weighted by Gasteiger charge is -2.32. The summed E-state index contributed by atoms with van der Waals surface area (Å²) in [5.74, 6) is 0. The smallest absolute Gasteiger partial charge is 0.319 e. The van der Waals surface area contributed by atoms with Crippen molar-refractivity contribution < 1.29 is 4.79 Å². The largest absolute Gasteiger partial charge is 0.334 e. The molecule has 1 aliphatic rings. The van der Waals surface area contributed by atoms with Gasteiger partial charge in [0, 0.05) is 45.0 Å². The van der Waals surface area contributed by atoms with Gasteiger partial charge in [0.1, 0.15) is 0 Å². The Morgan fingerprint density at radius 2 is 1.60 bits per heavy atom. The van der Waals surface area contributed by atoms with E-state index in [0.29, 0.717) is 6.54 Å². The van der Waals surface area contributed by atoms with Crippen LogP contribution in [0.15, 0.2) is 54.6 Å². The molecule has 5 heteroatoms. The molecule has 0 saturated carbocycles. The van der Waals surface area contributed by atoms with Crippen LogP contribution in [0.5, 0.6) is 0 Å². The molecule has 1 heterocycles. The van der Waals surface area contributed by atoms with Crippen molar-refractivity contribution in [1.29, 1.82) is 0 Å². The van der Waals surface area contributed by atoms with Gasteiger partial charge < -0.3 is 15.5 Å². The summed E-state index contributed by atoms with van der Waals surface area (Å²) < 4.78 is 0. The maximum Gasteiger partial charge on any atom is 0.319 e. The second-order valence-electron chi connectivity index (χ2n) is 6.57. The predicted molar refractivity (Wildman–Crippen MR) is 102 cm³/mol. The zero-order chi connectivity index (χ0) is 17.5. The number of nitrogens with zero attached hydrogens (tertiary/aromatic N) is 2. The molecule has 0 spiro atoms. The number of carbonyl (C=O) groups excluding carboxylic acids is 1. The monoisotopic (exact) mass is 338 g/mol. The minimum atomic E-state index is -0.185. The number of carbonyl (C=O) groups is 1. The van der Waals surface area contributed by atoms with Crippen molar-refractivity contribution in [2.75, 3.05) is 38.5 Å². The first-order valence-electron chi connectivity index (χ1n) is 8.78. The molecule has 2 amide bonds. The van der Waals surface area contributed by atoms with Gasteiger partial charge in [-0.1, -0.05) is 42.5 Å². The van der Waals surface area contributed by atoms with E-state index in [0.717, 1.165) is 44.0 Å². The average molecular weight is 338 g/mol. The third-order valence-corrected chi connectivity index (χ3v) is 4.51. The topological polar surface area (TPSA) is 47.6 Å². The molecule has 2 N–H and O–H groups in total. The molecule has 132 valence electrons. The van der Waals surface area contributed by atoms with Gasteiger partial charge in [-0.2, -0.15) is 0 Å². The van der Waals surface area contributed by atoms with E-state index in [1.807, 2.05) is 42.5 Å². The molecule has 3 rings (SSSR count). The minimum Gasteiger partial charge on any atom is -0.334 e. The van der Waals surface area contributed by atoms with Gasteiger partial charge in [0.15, 0.2) is 0 Å². The number of anilines is 1. The lowest BCUT2D eigenvalue weighted by Crippen LogP contribution is -2.43. The van der Waals surface area contributed by atoms with Crippen LogP contribution in [0, 0.1) is 0 Å². The van der Waals surface area contributed by atoms with E-state index in [2.05, 4.69) is 39.6 Å². The van der Waals surface area contributed by atoms with Gasteiger partial charge in [-0.15, -0.1) is 0 Å². The van der Waals surface area contributed by atoms with Crippen LogP contribution in [-0.4, -0.2) is 49.1 Å². The summed E-state index contributed by atoms with van der Waals surface area (Å²) in [6.07, 6.45) is 0. The molecule has 0 bridgehead atoms. The van der Waals surface area contributed by atoms with Gasteiger partial charge in [-0.05, 0) is 30.3 Å². The predicted octanol–water partition coefficient (Wildman–Crippen LogP) is 2.76. The number of nitrogens with one attached hydrogen (secondary N) is 2. The molecule has 0 aliphatic carbocycles. The van der Waals surface area contributed by atoms with Crippen LogP contribution < -0.4 is 10.6 Å². The van der Waals surface area contributed by atoms with E-state index in [-0.39, 0.29) is 6.03 Å². The summed E-state index contributed by atoms with van der Waals surface area (Å²) in [5.41, 5.74) is 3.17. The zero-order valence-electron chi connectivity index (χ0n) is 14.7. The van der Waals surface area contributed by atoms with Gasteiger partial charge in [-0.25, -0.2) is 4.79 Å². The van der Waals surface area contributed by atoms with Crippen LogP contribution in [-0.2, 0) is 13.1 Å². The highest BCUT2D eigenvalue weighted by Crippen LogP contribution is 2.12. The van der Waals surface area contributed by atoms with E-state index in [1.54, 1.807) is 0 Å². The number of piperazine rings is 1. The third kappa shape index (κ3) is 5.59. The summed E-state index contributed by atoms with van der Waals surface area (Å²) in [4.78, 5) is 16.8. The van der Waals surface area contributed by atoms with Crippen molar-refractivity contribution in [3.05, 3.63) is 65.7 Å². The molecular formula is C20H26N4O. The van der Waals surface area contributed by atoms with Crippen molar-refractivity contribution in [2.24, 2.45) is 0 Å². The molecule has 0 radical (unpaired) electrons. The van der Waals surface area contributed by atoms with E-state index in [9.17, 15) is 4.79 Å². The molecule has 2 aromatic rings. The zero-order valence-corrected chi connectivity index (χ0v) is 14.7. The number of benzene rings is 2. The lowest BCUT2D eigenvalue weighted by molar-refractivity contribution is 0.148. The number of likely N-dealkylation sites (N-methyl/N-ethyl adjacent to an activating group) is 1. The first-order chi connectivity index (χ1) is 12.2. The molecule has 0 aromatic heterocycles. The molecule has 25 heavy (non-hydrogen) atoms. The molecule has 1 saturated heterocycles. The van der Waals surface area contributed by atoms with E-state index >= 15 is 0 Å². The molecule has 0 atom stereocenters. The Morgan fingerprint density at radius 3 is 2.28 bits per heavy atom. The number of hydrogen-bond acceptors (Lipinski definition) is 3. The second kappa shape index (κ2) is 8.65. The fourth-order valence-corrected chi connectivity index (χ4v) is 2.91. The molecule has 1 fully saturated rings. The number of urea groups is 1. The highest BCUT2D eigenvalue weighted by atomic mass is 16.2. The van der Waals surface area contributed by atoms with Crippen LogP contribution in [0.2, 0.25) is 0 Å². The Bertz CT molecular complexity index is 664. The number of rotatable bonds is 5. The van der Waals surface area contributed by atoms with Crippen LogP contribution in [0.3, 0.4) is 0 Å². The van der Waals surface area contributed by atoms with Crippen LogP contribution in [0.1, 0.15) is 11.1 Å². The van der Waals surface area contributed by atoms with E-state index < -0.39 is 0 Å². The summed E-state index contributed by atoms with van der Waals surface area (Å²) >= 11 is 0. The Hall–Kier alpha value is -2.37. The van der Waals surface area contributed by atoms with Crippen molar-refractivity contribution in [3.8, 4) is 0 Å².